The Kier molecular flexibility index (Phi) is 6.19. The zero-order valence-corrected chi connectivity index (χ0v) is 16.1. The van der Waals surface area contributed by atoms with E-state index in [1.54, 1.807) is 6.92 Å². The van der Waals surface area contributed by atoms with E-state index in [4.69, 9.17) is 4.74 Å². The van der Waals surface area contributed by atoms with Crippen LogP contribution in [0.4, 0.5) is 0 Å². The van der Waals surface area contributed by atoms with Crippen LogP contribution in [0.15, 0.2) is 29.4 Å². The molecular formula is C19H25N3O3S. The standard InChI is InChI=1S/C19H25N3O3S/c1-3-25-18(24)13-26-19-20-15-6-4-5-7-16(15)22(19)12-17(23)21-10-8-14(2)9-11-21/h4-7,14H,3,8-13H2,1-2H3. The van der Waals surface area contributed by atoms with Crippen LogP contribution in [0.1, 0.15) is 26.7 Å². The molecule has 3 rings (SSSR count). The number of piperidine rings is 1. The molecule has 0 radical (unpaired) electrons. The van der Waals surface area contributed by atoms with Crippen LogP contribution in [0.3, 0.4) is 0 Å². The summed E-state index contributed by atoms with van der Waals surface area (Å²) in [6, 6.07) is 7.75. The molecule has 1 aromatic heterocycles. The van der Waals surface area contributed by atoms with E-state index in [2.05, 4.69) is 11.9 Å². The third-order valence-electron chi connectivity index (χ3n) is 4.67. The van der Waals surface area contributed by atoms with Gasteiger partial charge in [0.1, 0.15) is 6.54 Å². The fourth-order valence-corrected chi connectivity index (χ4v) is 3.95. The first-order valence-corrected chi connectivity index (χ1v) is 10.1. The number of hydrogen-bond donors (Lipinski definition) is 0. The minimum Gasteiger partial charge on any atom is -0.465 e. The Hall–Kier alpha value is -2.02. The van der Waals surface area contributed by atoms with Gasteiger partial charge in [0.05, 0.1) is 23.4 Å². The molecule has 0 spiro atoms. The highest BCUT2D eigenvalue weighted by Crippen LogP contribution is 2.25. The molecule has 0 unspecified atom stereocenters. The van der Waals surface area contributed by atoms with Crippen LogP contribution in [0.5, 0.6) is 0 Å². The van der Waals surface area contributed by atoms with Crippen LogP contribution in [-0.4, -0.2) is 51.8 Å². The van der Waals surface area contributed by atoms with E-state index in [0.717, 1.165) is 37.0 Å². The van der Waals surface area contributed by atoms with Gasteiger partial charge in [-0.25, -0.2) is 4.98 Å². The summed E-state index contributed by atoms with van der Waals surface area (Å²) >= 11 is 1.32. The van der Waals surface area contributed by atoms with Crippen LogP contribution in [0.2, 0.25) is 0 Å². The molecule has 2 heterocycles. The summed E-state index contributed by atoms with van der Waals surface area (Å²) in [5, 5.41) is 0.679. The number of aromatic nitrogens is 2. The lowest BCUT2D eigenvalue weighted by Gasteiger charge is -2.30. The maximum Gasteiger partial charge on any atom is 0.316 e. The Morgan fingerprint density at radius 1 is 1.27 bits per heavy atom. The van der Waals surface area contributed by atoms with Crippen molar-refractivity contribution < 1.29 is 14.3 Å². The van der Waals surface area contributed by atoms with Crippen molar-refractivity contribution in [3.8, 4) is 0 Å². The number of imidazole rings is 1. The van der Waals surface area contributed by atoms with Crippen molar-refractivity contribution in [1.82, 2.24) is 14.5 Å². The number of amides is 1. The van der Waals surface area contributed by atoms with Gasteiger partial charge in [-0.15, -0.1) is 0 Å². The molecule has 0 aliphatic carbocycles. The molecule has 140 valence electrons. The molecule has 26 heavy (non-hydrogen) atoms. The number of hydrogen-bond acceptors (Lipinski definition) is 5. The Morgan fingerprint density at radius 2 is 2.00 bits per heavy atom. The van der Waals surface area contributed by atoms with Gasteiger partial charge in [0.15, 0.2) is 5.16 Å². The molecule has 1 aromatic carbocycles. The molecule has 0 saturated carbocycles. The maximum absolute atomic E-state index is 12.8. The van der Waals surface area contributed by atoms with Crippen molar-refractivity contribution >= 4 is 34.7 Å². The quantitative estimate of drug-likeness (QED) is 0.574. The molecule has 1 saturated heterocycles. The second-order valence-electron chi connectivity index (χ2n) is 6.63. The van der Waals surface area contributed by atoms with Crippen LogP contribution in [0.25, 0.3) is 11.0 Å². The normalized spacial score (nSPS) is 15.4. The van der Waals surface area contributed by atoms with E-state index in [-0.39, 0.29) is 24.2 Å². The lowest BCUT2D eigenvalue weighted by Crippen LogP contribution is -2.39. The molecular weight excluding hydrogens is 350 g/mol. The van der Waals surface area contributed by atoms with E-state index >= 15 is 0 Å². The molecule has 2 aromatic rings. The highest BCUT2D eigenvalue weighted by Gasteiger charge is 2.22. The summed E-state index contributed by atoms with van der Waals surface area (Å²) in [5.41, 5.74) is 1.75. The number of carbonyl (C=O) groups is 2. The van der Waals surface area contributed by atoms with Gasteiger partial charge in [-0.3, -0.25) is 9.59 Å². The average Bonchev–Trinajstić information content (AvgIpc) is 2.98. The number of ether oxygens (including phenoxy) is 1. The van der Waals surface area contributed by atoms with Crippen LogP contribution < -0.4 is 0 Å². The molecule has 1 aliphatic rings. The smallest absolute Gasteiger partial charge is 0.316 e. The summed E-state index contributed by atoms with van der Waals surface area (Å²) in [6.07, 6.45) is 2.11. The molecule has 1 aliphatic heterocycles. The van der Waals surface area contributed by atoms with Crippen molar-refractivity contribution in [1.29, 1.82) is 0 Å². The van der Waals surface area contributed by atoms with E-state index < -0.39 is 0 Å². The van der Waals surface area contributed by atoms with E-state index in [1.165, 1.54) is 11.8 Å². The number of esters is 1. The molecule has 1 fully saturated rings. The van der Waals surface area contributed by atoms with Gasteiger partial charge in [-0.1, -0.05) is 30.8 Å². The molecule has 0 N–H and O–H groups in total. The van der Waals surface area contributed by atoms with Crippen LogP contribution in [0, 0.1) is 5.92 Å². The molecule has 0 atom stereocenters. The Labute approximate surface area is 157 Å². The lowest BCUT2D eigenvalue weighted by atomic mass is 9.99. The minimum atomic E-state index is -0.271. The van der Waals surface area contributed by atoms with Crippen LogP contribution in [-0.2, 0) is 20.9 Å². The Morgan fingerprint density at radius 3 is 2.73 bits per heavy atom. The van der Waals surface area contributed by atoms with Gasteiger partial charge in [-0.05, 0) is 37.8 Å². The number of nitrogens with zero attached hydrogens (tertiary/aromatic N) is 3. The van der Waals surface area contributed by atoms with Crippen molar-refractivity contribution in [2.45, 2.75) is 38.4 Å². The summed E-state index contributed by atoms with van der Waals surface area (Å²) in [4.78, 5) is 31.0. The predicted molar refractivity (Wildman–Crippen MR) is 102 cm³/mol. The topological polar surface area (TPSA) is 64.4 Å². The SMILES string of the molecule is CCOC(=O)CSc1nc2ccccc2n1CC(=O)N1CCC(C)CC1. The lowest BCUT2D eigenvalue weighted by molar-refractivity contribution is -0.139. The first-order valence-electron chi connectivity index (χ1n) is 9.10. The van der Waals surface area contributed by atoms with Gasteiger partial charge >= 0.3 is 5.97 Å². The monoisotopic (exact) mass is 375 g/mol. The number of rotatable bonds is 6. The fourth-order valence-electron chi connectivity index (χ4n) is 3.14. The van der Waals surface area contributed by atoms with Gasteiger partial charge in [0.25, 0.3) is 0 Å². The highest BCUT2D eigenvalue weighted by molar-refractivity contribution is 7.99. The second kappa shape index (κ2) is 8.58. The number of thioether (sulfide) groups is 1. The highest BCUT2D eigenvalue weighted by atomic mass is 32.2. The third-order valence-corrected chi connectivity index (χ3v) is 5.62. The molecule has 0 bridgehead atoms. The third kappa shape index (κ3) is 4.38. The number of likely N-dealkylation sites (tertiary alicyclic amines) is 1. The van der Waals surface area contributed by atoms with E-state index in [1.807, 2.05) is 33.7 Å². The van der Waals surface area contributed by atoms with Gasteiger partial charge in [0.2, 0.25) is 5.91 Å². The second-order valence-corrected chi connectivity index (χ2v) is 7.57. The zero-order valence-electron chi connectivity index (χ0n) is 15.3. The van der Waals surface area contributed by atoms with E-state index in [0.29, 0.717) is 17.7 Å². The molecule has 6 nitrogen and oxygen atoms in total. The minimum absolute atomic E-state index is 0.109. The predicted octanol–water partition coefficient (Wildman–Crippen LogP) is 2.95. The van der Waals surface area contributed by atoms with Gasteiger partial charge < -0.3 is 14.2 Å². The summed E-state index contributed by atoms with van der Waals surface area (Å²) in [5.74, 6) is 0.710. The number of benzene rings is 1. The Bertz CT molecular complexity index is 781. The maximum atomic E-state index is 12.8. The molecule has 7 heteroatoms. The van der Waals surface area contributed by atoms with Crippen LogP contribution >= 0.6 is 11.8 Å². The number of fused-ring (bicyclic) bond motifs is 1. The fraction of sp³-hybridized carbons (Fsp3) is 0.526. The molecule has 1 amide bonds. The zero-order chi connectivity index (χ0) is 18.5. The summed E-state index contributed by atoms with van der Waals surface area (Å²) in [7, 11) is 0. The average molecular weight is 375 g/mol. The number of para-hydroxylation sites is 2. The van der Waals surface area contributed by atoms with Gasteiger partial charge in [-0.2, -0.15) is 0 Å². The Balaban J connectivity index is 1.77. The van der Waals surface area contributed by atoms with Crippen molar-refractivity contribution in [2.24, 2.45) is 5.92 Å². The first-order chi connectivity index (χ1) is 12.6. The van der Waals surface area contributed by atoms with E-state index in [9.17, 15) is 9.59 Å². The summed E-state index contributed by atoms with van der Waals surface area (Å²) < 4.78 is 6.91. The van der Waals surface area contributed by atoms with Gasteiger partial charge in [0, 0.05) is 13.1 Å². The largest absolute Gasteiger partial charge is 0.465 e. The van der Waals surface area contributed by atoms with Crippen molar-refractivity contribution in [3.05, 3.63) is 24.3 Å². The van der Waals surface area contributed by atoms with Crippen molar-refractivity contribution in [3.63, 3.8) is 0 Å². The first kappa shape index (κ1) is 18.8. The van der Waals surface area contributed by atoms with Crippen molar-refractivity contribution in [2.75, 3.05) is 25.4 Å². The number of carbonyl (C=O) groups excluding carboxylic acids is 2. The summed E-state index contributed by atoms with van der Waals surface area (Å²) in [6.45, 7) is 6.27.